The van der Waals surface area contributed by atoms with Crippen LogP contribution in [0.2, 0.25) is 0 Å². The normalized spacial score (nSPS) is 13.4. The third kappa shape index (κ3) is 3.88. The Labute approximate surface area is 101 Å². The van der Waals surface area contributed by atoms with Gasteiger partial charge in [0.15, 0.2) is 0 Å². The second-order valence-electron chi connectivity index (χ2n) is 3.77. The Morgan fingerprint density at radius 1 is 1.47 bits per heavy atom. The van der Waals surface area contributed by atoms with Gasteiger partial charge < -0.3 is 16.8 Å². The molecular formula is C10H17N3O3S. The Morgan fingerprint density at radius 2 is 2.12 bits per heavy atom. The van der Waals surface area contributed by atoms with E-state index in [-0.39, 0.29) is 22.4 Å². The van der Waals surface area contributed by atoms with Crippen LogP contribution in [0, 0.1) is 0 Å². The maximum absolute atomic E-state index is 11.2. The molecule has 0 radical (unpaired) electrons. The Balaban J connectivity index is 3.07. The molecule has 0 saturated heterocycles. The Bertz CT molecular complexity index is 488. The zero-order chi connectivity index (χ0) is 13.1. The van der Waals surface area contributed by atoms with Crippen LogP contribution < -0.4 is 16.8 Å². The number of nitrogens with one attached hydrogen (secondary N) is 1. The lowest BCUT2D eigenvalue weighted by Gasteiger charge is -2.16. The van der Waals surface area contributed by atoms with E-state index in [9.17, 15) is 8.42 Å². The average molecular weight is 259 g/mol. The first kappa shape index (κ1) is 13.8. The molecule has 6 N–H and O–H groups in total. The van der Waals surface area contributed by atoms with E-state index in [1.807, 2.05) is 6.92 Å². The van der Waals surface area contributed by atoms with Gasteiger partial charge in [0.2, 0.25) is 0 Å². The van der Waals surface area contributed by atoms with Crippen molar-refractivity contribution >= 4 is 21.5 Å². The molecule has 0 aromatic heterocycles. The highest BCUT2D eigenvalue weighted by molar-refractivity contribution is 7.86. The number of nitrogens with two attached hydrogens (primary N) is 2. The van der Waals surface area contributed by atoms with E-state index in [1.54, 1.807) is 0 Å². The first-order chi connectivity index (χ1) is 7.84. The second-order valence-corrected chi connectivity index (χ2v) is 5.16. The highest BCUT2D eigenvalue weighted by Crippen LogP contribution is 2.24. The molecular weight excluding hydrogens is 242 g/mol. The largest absolute Gasteiger partial charge is 0.399 e. The van der Waals surface area contributed by atoms with Crippen molar-refractivity contribution in [3.63, 3.8) is 0 Å². The van der Waals surface area contributed by atoms with Crippen LogP contribution in [0.3, 0.4) is 0 Å². The van der Waals surface area contributed by atoms with Crippen LogP contribution in [0.4, 0.5) is 11.4 Å². The molecule has 1 aromatic carbocycles. The maximum Gasteiger partial charge on any atom is 0.296 e. The van der Waals surface area contributed by atoms with Gasteiger partial charge in [0.05, 0.1) is 11.9 Å². The van der Waals surface area contributed by atoms with E-state index in [4.69, 9.17) is 16.0 Å². The molecule has 0 aliphatic carbocycles. The fraction of sp³-hybridized carbons (Fsp3) is 0.400. The summed E-state index contributed by atoms with van der Waals surface area (Å²) in [5.74, 6) is 0. The van der Waals surface area contributed by atoms with Crippen LogP contribution >= 0.6 is 0 Å². The maximum atomic E-state index is 11.2. The molecule has 0 fully saturated rings. The number of benzene rings is 1. The zero-order valence-corrected chi connectivity index (χ0v) is 10.4. The van der Waals surface area contributed by atoms with E-state index >= 15 is 0 Å². The Morgan fingerprint density at radius 3 is 2.65 bits per heavy atom. The molecule has 0 saturated carbocycles. The number of hydrogen-bond donors (Lipinski definition) is 4. The summed E-state index contributed by atoms with van der Waals surface area (Å²) in [6, 6.07) is 4.21. The Kier molecular flexibility index (Phi) is 4.33. The van der Waals surface area contributed by atoms with E-state index in [0.717, 1.165) is 6.42 Å². The number of anilines is 2. The molecule has 0 spiro atoms. The highest BCUT2D eigenvalue weighted by Gasteiger charge is 2.17. The molecule has 96 valence electrons. The molecule has 17 heavy (non-hydrogen) atoms. The van der Waals surface area contributed by atoms with Crippen molar-refractivity contribution in [1.29, 1.82) is 0 Å². The quantitative estimate of drug-likeness (QED) is 0.356. The molecule has 1 atom stereocenters. The van der Waals surface area contributed by atoms with Crippen molar-refractivity contribution in [1.82, 2.24) is 0 Å². The van der Waals surface area contributed by atoms with Crippen molar-refractivity contribution in [2.45, 2.75) is 30.8 Å². The zero-order valence-electron chi connectivity index (χ0n) is 9.55. The van der Waals surface area contributed by atoms with Crippen LogP contribution in [0.25, 0.3) is 0 Å². The van der Waals surface area contributed by atoms with Gasteiger partial charge >= 0.3 is 0 Å². The summed E-state index contributed by atoms with van der Waals surface area (Å²) in [4.78, 5) is -0.260. The van der Waals surface area contributed by atoms with E-state index in [0.29, 0.717) is 6.42 Å². The van der Waals surface area contributed by atoms with Crippen LogP contribution in [0.1, 0.15) is 19.8 Å². The van der Waals surface area contributed by atoms with Crippen LogP contribution in [-0.2, 0) is 10.1 Å². The van der Waals surface area contributed by atoms with Crippen molar-refractivity contribution in [2.24, 2.45) is 5.73 Å². The molecule has 0 amide bonds. The fourth-order valence-electron chi connectivity index (χ4n) is 1.45. The van der Waals surface area contributed by atoms with E-state index < -0.39 is 10.1 Å². The summed E-state index contributed by atoms with van der Waals surface area (Å²) in [6.07, 6.45) is 1.18. The molecule has 0 bridgehead atoms. The van der Waals surface area contributed by atoms with Gasteiger partial charge in [-0.05, 0) is 24.6 Å². The van der Waals surface area contributed by atoms with E-state index in [2.05, 4.69) is 5.32 Å². The molecule has 1 unspecified atom stereocenters. The number of nitrogen functional groups attached to an aromatic ring is 1. The summed E-state index contributed by atoms with van der Waals surface area (Å²) in [6.45, 7) is 1.97. The van der Waals surface area contributed by atoms with Crippen molar-refractivity contribution in [3.8, 4) is 0 Å². The molecule has 0 aliphatic rings. The number of rotatable bonds is 5. The van der Waals surface area contributed by atoms with Crippen LogP contribution in [0.15, 0.2) is 23.1 Å². The molecule has 6 nitrogen and oxygen atoms in total. The first-order valence-corrected chi connectivity index (χ1v) is 6.67. The Hall–Kier alpha value is -1.31. The summed E-state index contributed by atoms with van der Waals surface area (Å²) in [5, 5.41) is 2.83. The topological polar surface area (TPSA) is 118 Å². The summed E-state index contributed by atoms with van der Waals surface area (Å²) >= 11 is 0. The minimum atomic E-state index is -4.31. The smallest absolute Gasteiger partial charge is 0.296 e. The predicted octanol–water partition coefficient (Wildman–Crippen LogP) is 1.01. The van der Waals surface area contributed by atoms with Gasteiger partial charge in [-0.1, -0.05) is 13.3 Å². The second kappa shape index (κ2) is 5.35. The van der Waals surface area contributed by atoms with Crippen LogP contribution in [0.5, 0.6) is 0 Å². The monoisotopic (exact) mass is 259 g/mol. The van der Waals surface area contributed by atoms with Gasteiger partial charge in [0.1, 0.15) is 4.90 Å². The highest BCUT2D eigenvalue weighted by atomic mass is 32.2. The van der Waals surface area contributed by atoms with E-state index in [1.165, 1.54) is 18.2 Å². The molecule has 7 heteroatoms. The first-order valence-electron chi connectivity index (χ1n) is 5.23. The van der Waals surface area contributed by atoms with Crippen molar-refractivity contribution in [3.05, 3.63) is 18.2 Å². The third-order valence-corrected chi connectivity index (χ3v) is 3.12. The van der Waals surface area contributed by atoms with Crippen LogP contribution in [-0.4, -0.2) is 19.1 Å². The lowest BCUT2D eigenvalue weighted by Crippen LogP contribution is -2.29. The lowest BCUT2D eigenvalue weighted by molar-refractivity contribution is 0.483. The minimum Gasteiger partial charge on any atom is -0.399 e. The van der Waals surface area contributed by atoms with Crippen molar-refractivity contribution in [2.75, 3.05) is 11.1 Å². The van der Waals surface area contributed by atoms with Gasteiger partial charge in [-0.2, -0.15) is 8.42 Å². The molecule has 1 aromatic rings. The summed E-state index contributed by atoms with van der Waals surface area (Å²) in [5.41, 5.74) is 11.7. The summed E-state index contributed by atoms with van der Waals surface area (Å²) < 4.78 is 31.4. The third-order valence-electron chi connectivity index (χ3n) is 2.22. The lowest BCUT2D eigenvalue weighted by atomic mass is 10.2. The summed E-state index contributed by atoms with van der Waals surface area (Å²) in [7, 11) is -4.31. The van der Waals surface area contributed by atoms with Crippen molar-refractivity contribution < 1.29 is 13.0 Å². The predicted molar refractivity (Wildman–Crippen MR) is 67.2 cm³/mol. The molecule has 0 heterocycles. The SMILES string of the molecule is CCCC(N)Nc1ccc(N)cc1S(=O)(=O)O. The van der Waals surface area contributed by atoms with Gasteiger partial charge in [0.25, 0.3) is 10.1 Å². The van der Waals surface area contributed by atoms with Gasteiger partial charge in [-0.15, -0.1) is 0 Å². The molecule has 1 rings (SSSR count). The molecule has 0 aliphatic heterocycles. The van der Waals surface area contributed by atoms with Gasteiger partial charge in [-0.3, -0.25) is 4.55 Å². The number of hydrogen-bond acceptors (Lipinski definition) is 5. The average Bonchev–Trinajstić information content (AvgIpc) is 2.19. The van der Waals surface area contributed by atoms with Gasteiger partial charge in [-0.25, -0.2) is 0 Å². The fourth-order valence-corrected chi connectivity index (χ4v) is 2.14. The standard InChI is InChI=1S/C10H17N3O3S/c1-2-3-10(12)13-8-5-4-7(11)6-9(8)17(14,15)16/h4-6,10,13H,2-3,11-12H2,1H3,(H,14,15,16). The minimum absolute atomic E-state index is 0.252. The van der Waals surface area contributed by atoms with Gasteiger partial charge in [0, 0.05) is 5.69 Å².